The van der Waals surface area contributed by atoms with Gasteiger partial charge in [-0.05, 0) is 42.7 Å². The Morgan fingerprint density at radius 2 is 2.09 bits per heavy atom. The first-order chi connectivity index (χ1) is 10.6. The molecule has 0 saturated heterocycles. The first-order valence-electron chi connectivity index (χ1n) is 7.04. The third-order valence-corrected chi connectivity index (χ3v) is 3.62. The van der Waals surface area contributed by atoms with Crippen LogP contribution in [0.3, 0.4) is 0 Å². The quantitative estimate of drug-likeness (QED) is 0.780. The van der Waals surface area contributed by atoms with Gasteiger partial charge in [-0.25, -0.2) is 4.98 Å². The molecule has 22 heavy (non-hydrogen) atoms. The number of aromatic nitrogens is 2. The van der Waals surface area contributed by atoms with E-state index in [1.54, 1.807) is 16.7 Å². The lowest BCUT2D eigenvalue weighted by Gasteiger charge is -2.10. The van der Waals surface area contributed by atoms with Crippen LogP contribution in [0.1, 0.15) is 27.2 Å². The van der Waals surface area contributed by atoms with E-state index < -0.39 is 0 Å². The summed E-state index contributed by atoms with van der Waals surface area (Å²) >= 11 is 0. The van der Waals surface area contributed by atoms with Gasteiger partial charge in [-0.3, -0.25) is 9.20 Å². The molecule has 0 fully saturated rings. The van der Waals surface area contributed by atoms with Gasteiger partial charge in [0.2, 0.25) is 0 Å². The second kappa shape index (κ2) is 5.61. The van der Waals surface area contributed by atoms with Crippen molar-refractivity contribution in [3.05, 3.63) is 65.1 Å². The monoisotopic (exact) mass is 295 g/mol. The number of aliphatic hydroxyl groups excluding tert-OH is 1. The lowest BCUT2D eigenvalue weighted by Crippen LogP contribution is -2.15. The van der Waals surface area contributed by atoms with Crippen LogP contribution < -0.4 is 5.32 Å². The van der Waals surface area contributed by atoms with Crippen molar-refractivity contribution in [1.82, 2.24) is 9.38 Å². The maximum Gasteiger partial charge on any atom is 0.274 e. The number of aryl methyl sites for hydroxylation is 2. The van der Waals surface area contributed by atoms with Crippen molar-refractivity contribution in [2.24, 2.45) is 0 Å². The summed E-state index contributed by atoms with van der Waals surface area (Å²) < 4.78 is 1.77. The van der Waals surface area contributed by atoms with Gasteiger partial charge in [-0.2, -0.15) is 0 Å². The fourth-order valence-electron chi connectivity index (χ4n) is 2.34. The van der Waals surface area contributed by atoms with E-state index in [9.17, 15) is 9.90 Å². The van der Waals surface area contributed by atoms with Gasteiger partial charge >= 0.3 is 0 Å². The number of anilines is 1. The molecular weight excluding hydrogens is 278 g/mol. The average Bonchev–Trinajstić information content (AvgIpc) is 2.92. The molecule has 0 aliphatic carbocycles. The number of carbonyl (C=O) groups is 1. The highest BCUT2D eigenvalue weighted by Crippen LogP contribution is 2.18. The van der Waals surface area contributed by atoms with Crippen LogP contribution in [0.5, 0.6) is 0 Å². The van der Waals surface area contributed by atoms with Crippen molar-refractivity contribution in [3.8, 4) is 0 Å². The lowest BCUT2D eigenvalue weighted by atomic mass is 10.1. The SMILES string of the molecule is Cc1ccc2ncc(C(=O)Nc3cc(CO)ccc3C)n2c1. The second-order valence-electron chi connectivity index (χ2n) is 5.34. The molecule has 2 heterocycles. The molecule has 2 aromatic heterocycles. The van der Waals surface area contributed by atoms with Gasteiger partial charge in [0.15, 0.2) is 0 Å². The van der Waals surface area contributed by atoms with Gasteiger partial charge in [-0.15, -0.1) is 0 Å². The number of benzene rings is 1. The number of amides is 1. The molecule has 0 unspecified atom stereocenters. The number of nitrogens with zero attached hydrogens (tertiary/aromatic N) is 2. The minimum Gasteiger partial charge on any atom is -0.392 e. The molecule has 3 aromatic rings. The number of fused-ring (bicyclic) bond motifs is 1. The van der Waals surface area contributed by atoms with E-state index in [2.05, 4.69) is 10.3 Å². The molecule has 0 aliphatic heterocycles. The number of hydrogen-bond acceptors (Lipinski definition) is 3. The highest BCUT2D eigenvalue weighted by molar-refractivity contribution is 6.03. The van der Waals surface area contributed by atoms with Gasteiger partial charge in [0.25, 0.3) is 5.91 Å². The summed E-state index contributed by atoms with van der Waals surface area (Å²) in [7, 11) is 0. The molecule has 5 heteroatoms. The number of rotatable bonds is 3. The molecule has 1 aromatic carbocycles. The van der Waals surface area contributed by atoms with E-state index in [1.807, 2.05) is 44.3 Å². The zero-order valence-electron chi connectivity index (χ0n) is 12.5. The summed E-state index contributed by atoms with van der Waals surface area (Å²) in [4.78, 5) is 16.8. The summed E-state index contributed by atoms with van der Waals surface area (Å²) in [5.74, 6) is -0.226. The first-order valence-corrected chi connectivity index (χ1v) is 7.04. The number of aliphatic hydroxyl groups is 1. The van der Waals surface area contributed by atoms with Crippen molar-refractivity contribution in [2.45, 2.75) is 20.5 Å². The lowest BCUT2D eigenvalue weighted by molar-refractivity contribution is 0.102. The van der Waals surface area contributed by atoms with Crippen molar-refractivity contribution < 1.29 is 9.90 Å². The van der Waals surface area contributed by atoms with E-state index in [4.69, 9.17) is 0 Å². The number of hydrogen-bond donors (Lipinski definition) is 2. The van der Waals surface area contributed by atoms with Crippen LogP contribution in [0, 0.1) is 13.8 Å². The molecule has 3 rings (SSSR count). The number of pyridine rings is 1. The molecule has 2 N–H and O–H groups in total. The van der Waals surface area contributed by atoms with Gasteiger partial charge < -0.3 is 10.4 Å². The average molecular weight is 295 g/mol. The molecule has 0 spiro atoms. The summed E-state index contributed by atoms with van der Waals surface area (Å²) in [5.41, 5.74) is 4.66. The largest absolute Gasteiger partial charge is 0.392 e. The standard InChI is InChI=1S/C17H17N3O2/c1-11-3-6-16-18-8-15(20(16)9-11)17(22)19-14-7-13(10-21)5-4-12(14)2/h3-9,21H,10H2,1-2H3,(H,19,22). The summed E-state index contributed by atoms with van der Waals surface area (Å²) in [6.45, 7) is 3.82. The first kappa shape index (κ1) is 14.3. The topological polar surface area (TPSA) is 66.6 Å². The Balaban J connectivity index is 1.95. The van der Waals surface area contributed by atoms with Crippen molar-refractivity contribution in [2.75, 3.05) is 5.32 Å². The Morgan fingerprint density at radius 1 is 1.27 bits per heavy atom. The molecule has 0 aliphatic rings. The van der Waals surface area contributed by atoms with E-state index in [0.717, 1.165) is 22.3 Å². The third kappa shape index (κ3) is 2.58. The Kier molecular flexibility index (Phi) is 3.65. The number of nitrogens with one attached hydrogen (secondary N) is 1. The zero-order chi connectivity index (χ0) is 15.7. The fourth-order valence-corrected chi connectivity index (χ4v) is 2.34. The maximum absolute atomic E-state index is 12.5. The van der Waals surface area contributed by atoms with Crippen LogP contribution in [0.15, 0.2) is 42.7 Å². The zero-order valence-corrected chi connectivity index (χ0v) is 12.5. The minimum absolute atomic E-state index is 0.0576. The van der Waals surface area contributed by atoms with E-state index >= 15 is 0 Å². The molecule has 112 valence electrons. The van der Waals surface area contributed by atoms with Crippen LogP contribution >= 0.6 is 0 Å². The van der Waals surface area contributed by atoms with Crippen LogP contribution in [-0.2, 0) is 6.61 Å². The molecule has 0 saturated carbocycles. The number of carbonyl (C=O) groups excluding carboxylic acids is 1. The smallest absolute Gasteiger partial charge is 0.274 e. The normalized spacial score (nSPS) is 10.9. The van der Waals surface area contributed by atoms with Crippen LogP contribution in [-0.4, -0.2) is 20.4 Å². The Morgan fingerprint density at radius 3 is 2.86 bits per heavy atom. The third-order valence-electron chi connectivity index (χ3n) is 3.62. The van der Waals surface area contributed by atoms with Crippen LogP contribution in [0.4, 0.5) is 5.69 Å². The Labute approximate surface area is 128 Å². The van der Waals surface area contributed by atoms with Crippen molar-refractivity contribution >= 4 is 17.2 Å². The summed E-state index contributed by atoms with van der Waals surface area (Å²) in [5, 5.41) is 12.1. The van der Waals surface area contributed by atoms with Crippen LogP contribution in [0.25, 0.3) is 5.65 Å². The van der Waals surface area contributed by atoms with Crippen molar-refractivity contribution in [1.29, 1.82) is 0 Å². The van der Waals surface area contributed by atoms with Crippen LogP contribution in [0.2, 0.25) is 0 Å². The molecule has 1 amide bonds. The number of imidazole rings is 1. The Bertz CT molecular complexity index is 852. The van der Waals surface area contributed by atoms with E-state index in [1.165, 1.54) is 0 Å². The molecular formula is C17H17N3O2. The predicted octanol–water partition coefficient (Wildman–Crippen LogP) is 2.70. The maximum atomic E-state index is 12.5. The van der Waals surface area contributed by atoms with Gasteiger partial charge in [0, 0.05) is 11.9 Å². The van der Waals surface area contributed by atoms with Gasteiger partial charge in [0.05, 0.1) is 12.8 Å². The van der Waals surface area contributed by atoms with E-state index in [0.29, 0.717) is 11.4 Å². The minimum atomic E-state index is -0.226. The van der Waals surface area contributed by atoms with E-state index in [-0.39, 0.29) is 12.5 Å². The highest BCUT2D eigenvalue weighted by atomic mass is 16.3. The molecule has 0 radical (unpaired) electrons. The second-order valence-corrected chi connectivity index (χ2v) is 5.34. The van der Waals surface area contributed by atoms with Gasteiger partial charge in [-0.1, -0.05) is 18.2 Å². The Hall–Kier alpha value is -2.66. The summed E-state index contributed by atoms with van der Waals surface area (Å²) in [6.07, 6.45) is 3.45. The molecule has 0 bridgehead atoms. The van der Waals surface area contributed by atoms with Gasteiger partial charge in [0.1, 0.15) is 11.3 Å². The fraction of sp³-hybridized carbons (Fsp3) is 0.176. The summed E-state index contributed by atoms with van der Waals surface area (Å²) in [6, 6.07) is 9.33. The van der Waals surface area contributed by atoms with Crippen molar-refractivity contribution in [3.63, 3.8) is 0 Å². The molecule has 5 nitrogen and oxygen atoms in total. The highest BCUT2D eigenvalue weighted by Gasteiger charge is 2.13. The molecule has 0 atom stereocenters. The predicted molar refractivity (Wildman–Crippen MR) is 85.0 cm³/mol.